The number of hydrogen-bond donors (Lipinski definition) is 1. The highest BCUT2D eigenvalue weighted by atomic mass is 35.5. The molecule has 0 spiro atoms. The van der Waals surface area contributed by atoms with Crippen molar-refractivity contribution in [1.82, 2.24) is 4.98 Å². The van der Waals surface area contributed by atoms with Crippen LogP contribution in [0, 0.1) is 0 Å². The smallest absolute Gasteiger partial charge is 0.279 e. The summed E-state index contributed by atoms with van der Waals surface area (Å²) in [5.74, 6) is -0.745. The van der Waals surface area contributed by atoms with Crippen LogP contribution in [0.15, 0.2) is 36.4 Å². The van der Waals surface area contributed by atoms with Gasteiger partial charge in [0.1, 0.15) is 17.4 Å². The van der Waals surface area contributed by atoms with Crippen molar-refractivity contribution in [1.29, 1.82) is 0 Å². The van der Waals surface area contributed by atoms with E-state index in [2.05, 4.69) is 10.3 Å². The molecule has 0 radical (unpaired) electrons. The molecule has 7 heteroatoms. The largest absolute Gasteiger partial charge is 0.323 e. The second-order valence-corrected chi connectivity index (χ2v) is 5.22. The van der Waals surface area contributed by atoms with Crippen molar-refractivity contribution in [3.63, 3.8) is 0 Å². The molecule has 1 N–H and O–H groups in total. The highest BCUT2D eigenvalue weighted by Crippen LogP contribution is 2.31. The van der Waals surface area contributed by atoms with E-state index in [1.54, 1.807) is 24.3 Å². The number of para-hydroxylation sites is 2. The summed E-state index contributed by atoms with van der Waals surface area (Å²) in [7, 11) is 0. The topological polar surface area (TPSA) is 62.3 Å². The number of benzene rings is 1. The Morgan fingerprint density at radius 2 is 1.95 bits per heavy atom. The van der Waals surface area contributed by atoms with E-state index in [-0.39, 0.29) is 28.3 Å². The molecule has 1 aliphatic rings. The van der Waals surface area contributed by atoms with Crippen LogP contribution in [-0.4, -0.2) is 23.3 Å². The molecule has 1 aliphatic heterocycles. The molecule has 5 nitrogen and oxygen atoms in total. The summed E-state index contributed by atoms with van der Waals surface area (Å²) in [6, 6.07) is 10.0. The lowest BCUT2D eigenvalue weighted by Gasteiger charge is -2.29. The zero-order valence-electron chi connectivity index (χ0n) is 10.6. The second kappa shape index (κ2) is 5.35. The molecule has 0 bridgehead atoms. The third-order valence-corrected chi connectivity index (χ3v) is 3.55. The van der Waals surface area contributed by atoms with Crippen molar-refractivity contribution in [2.75, 3.05) is 16.8 Å². The minimum Gasteiger partial charge on any atom is -0.323 e. The Kier molecular flexibility index (Phi) is 3.53. The van der Waals surface area contributed by atoms with E-state index >= 15 is 0 Å². The number of rotatable bonds is 1. The number of aromatic nitrogens is 1. The van der Waals surface area contributed by atoms with Crippen LogP contribution in [0.25, 0.3) is 0 Å². The van der Waals surface area contributed by atoms with Gasteiger partial charge >= 0.3 is 0 Å². The molecule has 2 amide bonds. The third-order valence-electron chi connectivity index (χ3n) is 3.03. The second-order valence-electron chi connectivity index (χ2n) is 4.42. The van der Waals surface area contributed by atoms with Crippen molar-refractivity contribution < 1.29 is 9.59 Å². The summed E-state index contributed by atoms with van der Waals surface area (Å²) in [6.45, 7) is -0.0969. The molecule has 0 atom stereocenters. The van der Waals surface area contributed by atoms with Gasteiger partial charge in [0.15, 0.2) is 0 Å². The highest BCUT2D eigenvalue weighted by molar-refractivity contribution is 6.35. The van der Waals surface area contributed by atoms with Crippen LogP contribution in [-0.2, 0) is 4.79 Å². The van der Waals surface area contributed by atoms with Crippen molar-refractivity contribution >= 4 is 46.4 Å². The SMILES string of the molecule is O=C1CN(C(=O)c2nc(Cl)ccc2Cl)c2ccccc2N1. The fourth-order valence-electron chi connectivity index (χ4n) is 2.11. The van der Waals surface area contributed by atoms with Crippen molar-refractivity contribution in [3.8, 4) is 0 Å². The van der Waals surface area contributed by atoms with E-state index in [4.69, 9.17) is 23.2 Å². The molecular formula is C14H9Cl2N3O2. The van der Waals surface area contributed by atoms with Gasteiger partial charge in [0.25, 0.3) is 5.91 Å². The van der Waals surface area contributed by atoms with Crippen LogP contribution in [0.1, 0.15) is 10.5 Å². The van der Waals surface area contributed by atoms with Crippen molar-refractivity contribution in [2.45, 2.75) is 0 Å². The third kappa shape index (κ3) is 2.57. The van der Waals surface area contributed by atoms with Crippen LogP contribution in [0.4, 0.5) is 11.4 Å². The van der Waals surface area contributed by atoms with Crippen LogP contribution in [0.5, 0.6) is 0 Å². The summed E-state index contributed by atoms with van der Waals surface area (Å²) < 4.78 is 0. The maximum atomic E-state index is 12.6. The Morgan fingerprint density at radius 1 is 1.19 bits per heavy atom. The van der Waals surface area contributed by atoms with Gasteiger partial charge in [-0.3, -0.25) is 14.5 Å². The van der Waals surface area contributed by atoms with Gasteiger partial charge in [0.2, 0.25) is 5.91 Å². The number of fused-ring (bicyclic) bond motifs is 1. The van der Waals surface area contributed by atoms with Gasteiger partial charge < -0.3 is 5.32 Å². The Labute approximate surface area is 130 Å². The molecule has 1 aromatic heterocycles. The Balaban J connectivity index is 2.06. The Bertz CT molecular complexity index is 749. The summed E-state index contributed by atoms with van der Waals surface area (Å²) in [6.07, 6.45) is 0. The van der Waals surface area contributed by atoms with E-state index in [0.717, 1.165) is 0 Å². The number of hydrogen-bond acceptors (Lipinski definition) is 3. The first-order valence-corrected chi connectivity index (χ1v) is 6.84. The average molecular weight is 322 g/mol. The molecule has 21 heavy (non-hydrogen) atoms. The molecule has 3 rings (SSSR count). The predicted molar refractivity (Wildman–Crippen MR) is 81.0 cm³/mol. The van der Waals surface area contributed by atoms with Gasteiger partial charge in [-0.1, -0.05) is 35.3 Å². The number of halogens is 2. The number of nitrogens with one attached hydrogen (secondary N) is 1. The molecule has 0 saturated heterocycles. The monoisotopic (exact) mass is 321 g/mol. The predicted octanol–water partition coefficient (Wildman–Crippen LogP) is 2.99. The number of amides is 2. The molecule has 2 aromatic rings. The minimum absolute atomic E-state index is 0.0219. The first-order valence-electron chi connectivity index (χ1n) is 6.09. The maximum absolute atomic E-state index is 12.6. The normalized spacial score (nSPS) is 13.6. The van der Waals surface area contributed by atoms with E-state index in [9.17, 15) is 9.59 Å². The van der Waals surface area contributed by atoms with Crippen LogP contribution in [0.3, 0.4) is 0 Å². The zero-order valence-corrected chi connectivity index (χ0v) is 12.1. The molecule has 1 aromatic carbocycles. The Morgan fingerprint density at radius 3 is 2.76 bits per heavy atom. The fraction of sp³-hybridized carbons (Fsp3) is 0.0714. The number of carbonyl (C=O) groups excluding carboxylic acids is 2. The quantitative estimate of drug-likeness (QED) is 0.821. The number of anilines is 2. The summed E-state index contributed by atoms with van der Waals surface area (Å²) >= 11 is 11.8. The zero-order chi connectivity index (χ0) is 15.0. The first kappa shape index (κ1) is 13.9. The number of pyridine rings is 1. The molecule has 106 valence electrons. The molecule has 0 saturated carbocycles. The molecular weight excluding hydrogens is 313 g/mol. The molecule has 0 unspecified atom stereocenters. The van der Waals surface area contributed by atoms with Gasteiger partial charge in [-0.05, 0) is 24.3 Å². The lowest BCUT2D eigenvalue weighted by molar-refractivity contribution is -0.115. The van der Waals surface area contributed by atoms with Crippen molar-refractivity contribution in [2.24, 2.45) is 0 Å². The number of nitrogens with zero attached hydrogens (tertiary/aromatic N) is 2. The summed E-state index contributed by atoms with van der Waals surface area (Å²) in [5, 5.41) is 3.06. The lowest BCUT2D eigenvalue weighted by Crippen LogP contribution is -2.42. The molecule has 0 fully saturated rings. The van der Waals surface area contributed by atoms with Crippen LogP contribution in [0.2, 0.25) is 10.2 Å². The van der Waals surface area contributed by atoms with Gasteiger partial charge in [-0.15, -0.1) is 0 Å². The highest BCUT2D eigenvalue weighted by Gasteiger charge is 2.29. The van der Waals surface area contributed by atoms with E-state index in [1.165, 1.54) is 17.0 Å². The van der Waals surface area contributed by atoms with Gasteiger partial charge in [0, 0.05) is 0 Å². The van der Waals surface area contributed by atoms with Gasteiger partial charge in [-0.2, -0.15) is 0 Å². The lowest BCUT2D eigenvalue weighted by atomic mass is 10.1. The van der Waals surface area contributed by atoms with Crippen LogP contribution < -0.4 is 10.2 Å². The number of carbonyl (C=O) groups is 2. The van der Waals surface area contributed by atoms with E-state index in [1.807, 2.05) is 0 Å². The van der Waals surface area contributed by atoms with Crippen molar-refractivity contribution in [3.05, 3.63) is 52.3 Å². The summed E-state index contributed by atoms with van der Waals surface area (Å²) in [5.41, 5.74) is 1.19. The minimum atomic E-state index is -0.468. The Hall–Kier alpha value is -2.11. The van der Waals surface area contributed by atoms with E-state index in [0.29, 0.717) is 11.4 Å². The standard InChI is InChI=1S/C14H9Cl2N3O2/c15-8-5-6-11(16)18-13(8)14(21)19-7-12(20)17-9-3-1-2-4-10(9)19/h1-6H,7H2,(H,17,20). The first-order chi connectivity index (χ1) is 10.1. The maximum Gasteiger partial charge on any atom is 0.279 e. The fourth-order valence-corrected chi connectivity index (χ4v) is 2.44. The van der Waals surface area contributed by atoms with Gasteiger partial charge in [-0.25, -0.2) is 4.98 Å². The molecule has 0 aliphatic carbocycles. The molecule has 2 heterocycles. The average Bonchev–Trinajstić information content (AvgIpc) is 2.48. The van der Waals surface area contributed by atoms with E-state index < -0.39 is 5.91 Å². The summed E-state index contributed by atoms with van der Waals surface area (Å²) in [4.78, 5) is 29.6. The van der Waals surface area contributed by atoms with Crippen LogP contribution >= 0.6 is 23.2 Å². The van der Waals surface area contributed by atoms with Gasteiger partial charge in [0.05, 0.1) is 16.4 Å².